The first-order chi connectivity index (χ1) is 16.0. The van der Waals surface area contributed by atoms with Crippen LogP contribution in [0.1, 0.15) is 160 Å². The average Bonchev–Trinajstić information content (AvgIpc) is 3.38. The van der Waals surface area contributed by atoms with Gasteiger partial charge in [-0.15, -0.1) is 0 Å². The molecule has 0 aromatic carbocycles. The second kappa shape index (κ2) is 59.7. The Morgan fingerprint density at radius 3 is 0.743 bits per heavy atom. The van der Waals surface area contributed by atoms with Crippen molar-refractivity contribution in [1.82, 2.24) is 0 Å². The van der Waals surface area contributed by atoms with Crippen LogP contribution in [-0.2, 0) is 9.47 Å². The second-order valence-corrected chi connectivity index (χ2v) is 8.27. The third-order valence-electron chi connectivity index (χ3n) is 4.07. The molecule has 0 aromatic heterocycles. The SMILES string of the molecule is C1=S=C=C2OCCOC=12.CCCC.CCCC.CCCC.CCCC.CCCC.CCCC.[Sn].[Sn]. The van der Waals surface area contributed by atoms with Gasteiger partial charge >= 0.3 is 0 Å². The van der Waals surface area contributed by atoms with E-state index in [9.17, 15) is 0 Å². The summed E-state index contributed by atoms with van der Waals surface area (Å²) in [7, 11) is 1.36. The van der Waals surface area contributed by atoms with E-state index in [1.807, 2.05) is 0 Å². The normalized spacial score (nSPS) is 10.4. The molecule has 2 rings (SSSR count). The number of hydrogen-bond donors (Lipinski definition) is 0. The van der Waals surface area contributed by atoms with Crippen LogP contribution in [0, 0.1) is 0 Å². The Morgan fingerprint density at radius 2 is 0.600 bits per heavy atom. The summed E-state index contributed by atoms with van der Waals surface area (Å²) in [4.78, 5) is 0. The van der Waals surface area contributed by atoms with Crippen molar-refractivity contribution in [3.05, 3.63) is 11.5 Å². The first kappa shape index (κ1) is 52.2. The van der Waals surface area contributed by atoms with Crippen LogP contribution in [0.2, 0.25) is 0 Å². The van der Waals surface area contributed by atoms with Gasteiger partial charge in [-0.2, -0.15) is 0 Å². The van der Waals surface area contributed by atoms with Crippen molar-refractivity contribution in [1.29, 1.82) is 0 Å². The summed E-state index contributed by atoms with van der Waals surface area (Å²) >= 11 is 0. The molecule has 35 heavy (non-hydrogen) atoms. The summed E-state index contributed by atoms with van der Waals surface area (Å²) in [6.07, 6.45) is 15.8. The van der Waals surface area contributed by atoms with Gasteiger partial charge in [0.2, 0.25) is 11.5 Å². The van der Waals surface area contributed by atoms with E-state index < -0.39 is 0 Å². The van der Waals surface area contributed by atoms with Gasteiger partial charge in [-0.1, -0.05) is 160 Å². The van der Waals surface area contributed by atoms with E-state index >= 15 is 0 Å². The Labute approximate surface area is 261 Å². The fraction of sp³-hybridized carbons (Fsp3) is 0.867. The molecule has 5 heteroatoms. The van der Waals surface area contributed by atoms with E-state index in [0.717, 1.165) is 0 Å². The van der Waals surface area contributed by atoms with Crippen LogP contribution < -0.4 is 0 Å². The molecular weight excluding hydrogens is 662 g/mol. The molecule has 0 atom stereocenters. The van der Waals surface area contributed by atoms with Gasteiger partial charge < -0.3 is 9.47 Å². The fourth-order valence-electron chi connectivity index (χ4n) is 0.688. The van der Waals surface area contributed by atoms with Crippen LogP contribution in [0.4, 0.5) is 0 Å². The molecule has 0 amide bonds. The van der Waals surface area contributed by atoms with Crippen molar-refractivity contribution in [2.24, 2.45) is 0 Å². The number of fused-ring (bicyclic) bond motifs is 1. The van der Waals surface area contributed by atoms with E-state index in [1.165, 1.54) is 88.0 Å². The predicted octanol–water partition coefficient (Wildman–Crippen LogP) is 10.4. The number of rotatable bonds is 6. The molecular formula is C30H64O2SSn2. The van der Waals surface area contributed by atoms with Crippen LogP contribution >= 0.6 is 10.9 Å². The molecule has 0 spiro atoms. The molecule has 2 nitrogen and oxygen atoms in total. The summed E-state index contributed by atoms with van der Waals surface area (Å²) in [6, 6.07) is 0. The smallest absolute Gasteiger partial charge is 0.225 e. The minimum atomic E-state index is 0. The first-order valence-electron chi connectivity index (χ1n) is 14.1. The summed E-state index contributed by atoms with van der Waals surface area (Å²) in [6.45, 7) is 27.4. The van der Waals surface area contributed by atoms with Crippen molar-refractivity contribution < 1.29 is 9.47 Å². The van der Waals surface area contributed by atoms with Crippen molar-refractivity contribution >= 4 is 68.8 Å². The standard InChI is InChI=1S/C6H4O2S.6C4H10.2Sn/c1-2-8-6-4-9-3-5(6)7-1;6*1-3-4-2;;/h1-2H2;6*3-4H2,1-2H3;;. The zero-order valence-corrected chi connectivity index (χ0v) is 32.6. The Morgan fingerprint density at radius 1 is 0.429 bits per heavy atom. The molecule has 0 bridgehead atoms. The number of unbranched alkanes of at least 4 members (excludes halogenated alkanes) is 6. The zero-order valence-electron chi connectivity index (χ0n) is 26.1. The Kier molecular flexibility index (Phi) is 89.0. The molecule has 8 radical (unpaired) electrons. The van der Waals surface area contributed by atoms with Gasteiger partial charge in [-0.3, -0.25) is 0 Å². The Balaban J connectivity index is -0.0000000541. The molecule has 0 saturated carbocycles. The summed E-state index contributed by atoms with van der Waals surface area (Å²) < 4.78 is 10.3. The third kappa shape index (κ3) is 66.1. The summed E-state index contributed by atoms with van der Waals surface area (Å²) in [5, 5.41) is 5.79. The molecule has 0 aliphatic carbocycles. The zero-order chi connectivity index (χ0) is 26.6. The first-order valence-corrected chi connectivity index (χ1v) is 14.9. The molecule has 2 heterocycles. The van der Waals surface area contributed by atoms with Gasteiger partial charge in [-0.05, 0) is 10.9 Å². The van der Waals surface area contributed by atoms with Gasteiger partial charge in [0.1, 0.15) is 13.2 Å². The van der Waals surface area contributed by atoms with Crippen molar-refractivity contribution in [3.63, 3.8) is 0 Å². The topological polar surface area (TPSA) is 18.5 Å². The van der Waals surface area contributed by atoms with E-state index in [4.69, 9.17) is 9.47 Å². The van der Waals surface area contributed by atoms with E-state index in [-0.39, 0.29) is 47.8 Å². The molecule has 0 aromatic rings. The minimum Gasteiger partial charge on any atom is -0.478 e. The van der Waals surface area contributed by atoms with E-state index in [0.29, 0.717) is 24.7 Å². The fourth-order valence-corrected chi connectivity index (χ4v) is 1.23. The quantitative estimate of drug-likeness (QED) is 0.201. The molecule has 0 N–H and O–H groups in total. The van der Waals surface area contributed by atoms with Crippen LogP contribution in [0.25, 0.3) is 0 Å². The monoisotopic (exact) mass is 728 g/mol. The van der Waals surface area contributed by atoms with Gasteiger partial charge in [-0.25, -0.2) is 0 Å². The number of ether oxygens (including phenoxy) is 2. The van der Waals surface area contributed by atoms with Gasteiger partial charge in [0.25, 0.3) is 0 Å². The predicted molar refractivity (Wildman–Crippen MR) is 172 cm³/mol. The molecule has 2 aliphatic heterocycles. The average molecular weight is 726 g/mol. The van der Waals surface area contributed by atoms with E-state index in [2.05, 4.69) is 93.1 Å². The Hall–Kier alpha value is 0.717. The van der Waals surface area contributed by atoms with Crippen LogP contribution in [0.15, 0.2) is 11.5 Å². The number of hydrogen-bond acceptors (Lipinski definition) is 2. The summed E-state index contributed by atoms with van der Waals surface area (Å²) in [5.74, 6) is 1.43. The van der Waals surface area contributed by atoms with Crippen molar-refractivity contribution in [2.75, 3.05) is 13.2 Å². The third-order valence-corrected chi connectivity index (χ3v) is 4.64. The Bertz CT molecular complexity index is 380. The maximum atomic E-state index is 5.16. The molecule has 1 saturated heterocycles. The van der Waals surface area contributed by atoms with Crippen molar-refractivity contribution in [2.45, 2.75) is 160 Å². The maximum Gasteiger partial charge on any atom is 0.225 e. The van der Waals surface area contributed by atoms with Crippen LogP contribution in [0.5, 0.6) is 0 Å². The largest absolute Gasteiger partial charge is 0.478 e. The molecule has 210 valence electrons. The molecule has 1 fully saturated rings. The maximum absolute atomic E-state index is 5.16. The molecule has 0 unspecified atom stereocenters. The van der Waals surface area contributed by atoms with Crippen molar-refractivity contribution in [3.8, 4) is 0 Å². The molecule has 2 aliphatic rings. The summed E-state index contributed by atoms with van der Waals surface area (Å²) in [5.41, 5.74) is 0. The second-order valence-electron chi connectivity index (χ2n) is 7.66. The van der Waals surface area contributed by atoms with Gasteiger partial charge in [0.05, 0.1) is 0 Å². The van der Waals surface area contributed by atoms with Crippen LogP contribution in [-0.4, -0.2) is 71.1 Å². The van der Waals surface area contributed by atoms with Crippen LogP contribution in [0.3, 0.4) is 0 Å². The van der Waals surface area contributed by atoms with Gasteiger partial charge in [0, 0.05) is 57.9 Å². The minimum absolute atomic E-state index is 0. The van der Waals surface area contributed by atoms with Gasteiger partial charge in [0.15, 0.2) is 0 Å². The van der Waals surface area contributed by atoms with E-state index in [1.54, 1.807) is 0 Å².